The van der Waals surface area contributed by atoms with Crippen LogP contribution in [0.15, 0.2) is 5.11 Å². The molecule has 0 aliphatic heterocycles. The van der Waals surface area contributed by atoms with Crippen LogP contribution < -0.4 is 0 Å². The summed E-state index contributed by atoms with van der Waals surface area (Å²) < 4.78 is 0. The Morgan fingerprint density at radius 3 is 2.69 bits per heavy atom. The van der Waals surface area contributed by atoms with E-state index in [1.54, 1.807) is 0 Å². The summed E-state index contributed by atoms with van der Waals surface area (Å²) in [7, 11) is 0. The van der Waals surface area contributed by atoms with Crippen LogP contribution in [0.1, 0.15) is 33.6 Å². The molecule has 1 aliphatic rings. The molecule has 4 heteroatoms. The molecule has 0 aromatic rings. The normalized spacial score (nSPS) is 38.0. The Hall–Kier alpha value is -0.730. The number of azide groups is 1. The molecule has 0 aromatic carbocycles. The summed E-state index contributed by atoms with van der Waals surface area (Å²) in [6.07, 6.45) is 1.05. The lowest BCUT2D eigenvalue weighted by atomic mass is 9.67. The molecular formula is C9H17N3O. The largest absolute Gasteiger partial charge is 0.393 e. The van der Waals surface area contributed by atoms with Crippen molar-refractivity contribution in [1.29, 1.82) is 0 Å². The molecule has 0 spiro atoms. The Balaban J connectivity index is 2.75. The van der Waals surface area contributed by atoms with Crippen molar-refractivity contribution < 1.29 is 5.11 Å². The highest BCUT2D eigenvalue weighted by atomic mass is 16.3. The summed E-state index contributed by atoms with van der Waals surface area (Å²) in [5.41, 5.74) is 8.48. The number of aliphatic hydroxyl groups excluding tert-OH is 1. The van der Waals surface area contributed by atoms with Gasteiger partial charge in [-0.15, -0.1) is 0 Å². The predicted molar refractivity (Wildman–Crippen MR) is 51.1 cm³/mol. The van der Waals surface area contributed by atoms with Crippen LogP contribution in [0.5, 0.6) is 0 Å². The van der Waals surface area contributed by atoms with Crippen LogP contribution in [-0.2, 0) is 0 Å². The fourth-order valence-corrected chi connectivity index (χ4v) is 1.90. The van der Waals surface area contributed by atoms with Crippen molar-refractivity contribution in [3.8, 4) is 0 Å². The van der Waals surface area contributed by atoms with Crippen molar-refractivity contribution in [2.45, 2.75) is 45.8 Å². The number of nitrogens with zero attached hydrogens (tertiary/aromatic N) is 3. The van der Waals surface area contributed by atoms with E-state index >= 15 is 0 Å². The van der Waals surface area contributed by atoms with E-state index in [-0.39, 0.29) is 11.5 Å². The van der Waals surface area contributed by atoms with Gasteiger partial charge in [-0.3, -0.25) is 0 Å². The van der Waals surface area contributed by atoms with Gasteiger partial charge in [0.15, 0.2) is 0 Å². The lowest BCUT2D eigenvalue weighted by Gasteiger charge is -2.41. The van der Waals surface area contributed by atoms with Crippen molar-refractivity contribution >= 4 is 0 Å². The molecule has 0 radical (unpaired) electrons. The van der Waals surface area contributed by atoms with Gasteiger partial charge in [-0.05, 0) is 29.7 Å². The quantitative estimate of drug-likeness (QED) is 0.378. The van der Waals surface area contributed by atoms with Crippen LogP contribution in [0.4, 0.5) is 0 Å². The minimum absolute atomic E-state index is 0.165. The Morgan fingerprint density at radius 1 is 1.54 bits per heavy atom. The minimum atomic E-state index is -0.459. The zero-order valence-electron chi connectivity index (χ0n) is 8.44. The first kappa shape index (κ1) is 10.4. The molecule has 74 valence electrons. The molecule has 0 bridgehead atoms. The van der Waals surface area contributed by atoms with E-state index in [4.69, 9.17) is 5.53 Å². The van der Waals surface area contributed by atoms with E-state index in [2.05, 4.69) is 30.8 Å². The van der Waals surface area contributed by atoms with E-state index in [1.807, 2.05) is 0 Å². The maximum Gasteiger partial charge on any atom is 0.0639 e. The van der Waals surface area contributed by atoms with Gasteiger partial charge in [0.2, 0.25) is 0 Å². The zero-order valence-corrected chi connectivity index (χ0v) is 8.44. The molecule has 1 rings (SSSR count). The lowest BCUT2D eigenvalue weighted by molar-refractivity contribution is 0.0191. The monoisotopic (exact) mass is 183 g/mol. The maximum absolute atomic E-state index is 9.64. The van der Waals surface area contributed by atoms with Gasteiger partial charge in [0.1, 0.15) is 0 Å². The fraction of sp³-hybridized carbons (Fsp3) is 1.00. The lowest BCUT2D eigenvalue weighted by Crippen LogP contribution is -2.41. The van der Waals surface area contributed by atoms with E-state index in [0.717, 1.165) is 12.8 Å². The number of aliphatic hydroxyl groups is 1. The van der Waals surface area contributed by atoms with Gasteiger partial charge in [-0.2, -0.15) is 0 Å². The second kappa shape index (κ2) is 3.56. The van der Waals surface area contributed by atoms with Crippen LogP contribution in [0.3, 0.4) is 0 Å². The van der Waals surface area contributed by atoms with Crippen LogP contribution in [0, 0.1) is 11.3 Å². The fourth-order valence-electron chi connectivity index (χ4n) is 1.90. The highest BCUT2D eigenvalue weighted by molar-refractivity contribution is 4.92. The predicted octanol–water partition coefficient (Wildman–Crippen LogP) is 2.48. The Labute approximate surface area is 78.6 Å². The Kier molecular flexibility index (Phi) is 2.84. The van der Waals surface area contributed by atoms with Gasteiger partial charge in [0.05, 0.1) is 12.1 Å². The topological polar surface area (TPSA) is 69.0 Å². The van der Waals surface area contributed by atoms with Crippen molar-refractivity contribution in [2.75, 3.05) is 0 Å². The molecule has 0 saturated heterocycles. The molecule has 3 atom stereocenters. The molecular weight excluding hydrogens is 166 g/mol. The van der Waals surface area contributed by atoms with Crippen LogP contribution in [0.2, 0.25) is 0 Å². The summed E-state index contributed by atoms with van der Waals surface area (Å²) >= 11 is 0. The first-order chi connectivity index (χ1) is 5.97. The summed E-state index contributed by atoms with van der Waals surface area (Å²) in [5.74, 6) is 0.479. The third kappa shape index (κ3) is 2.14. The molecule has 1 N–H and O–H groups in total. The number of rotatable bonds is 1. The van der Waals surface area contributed by atoms with Crippen molar-refractivity contribution in [3.05, 3.63) is 10.4 Å². The zero-order chi connectivity index (χ0) is 10.1. The molecule has 1 aliphatic carbocycles. The summed E-state index contributed by atoms with van der Waals surface area (Å²) in [4.78, 5) is 2.77. The maximum atomic E-state index is 9.64. The third-order valence-electron chi connectivity index (χ3n) is 3.31. The Bertz CT molecular complexity index is 233. The number of hydrogen-bond donors (Lipinski definition) is 1. The summed E-state index contributed by atoms with van der Waals surface area (Å²) in [6, 6.07) is -0.240. The third-order valence-corrected chi connectivity index (χ3v) is 3.31. The minimum Gasteiger partial charge on any atom is -0.393 e. The van der Waals surface area contributed by atoms with Gasteiger partial charge in [0, 0.05) is 4.91 Å². The SMILES string of the molecule is CC1C[C@H](O)C(N=[N+]=[N-])CC1(C)C. The molecule has 2 unspecified atom stereocenters. The van der Waals surface area contributed by atoms with Crippen LogP contribution in [0.25, 0.3) is 10.4 Å². The second-order valence-electron chi connectivity index (χ2n) is 4.67. The summed E-state index contributed by atoms with van der Waals surface area (Å²) in [5, 5.41) is 13.3. The van der Waals surface area contributed by atoms with E-state index < -0.39 is 6.10 Å². The van der Waals surface area contributed by atoms with Crippen molar-refractivity contribution in [3.63, 3.8) is 0 Å². The molecule has 13 heavy (non-hydrogen) atoms. The second-order valence-corrected chi connectivity index (χ2v) is 4.67. The molecule has 1 fully saturated rings. The van der Waals surface area contributed by atoms with Gasteiger partial charge in [0.25, 0.3) is 0 Å². The van der Waals surface area contributed by atoms with Gasteiger partial charge in [-0.1, -0.05) is 25.9 Å². The smallest absolute Gasteiger partial charge is 0.0639 e. The Morgan fingerprint density at radius 2 is 2.15 bits per heavy atom. The van der Waals surface area contributed by atoms with E-state index in [0.29, 0.717) is 5.92 Å². The van der Waals surface area contributed by atoms with Gasteiger partial charge < -0.3 is 5.11 Å². The molecule has 0 amide bonds. The highest BCUT2D eigenvalue weighted by Crippen LogP contribution is 2.41. The highest BCUT2D eigenvalue weighted by Gasteiger charge is 2.38. The average molecular weight is 183 g/mol. The van der Waals surface area contributed by atoms with Crippen LogP contribution in [-0.4, -0.2) is 17.3 Å². The van der Waals surface area contributed by atoms with Crippen molar-refractivity contribution in [2.24, 2.45) is 16.4 Å². The molecule has 1 saturated carbocycles. The van der Waals surface area contributed by atoms with E-state index in [9.17, 15) is 5.11 Å². The van der Waals surface area contributed by atoms with Crippen molar-refractivity contribution in [1.82, 2.24) is 0 Å². The van der Waals surface area contributed by atoms with Gasteiger partial charge in [-0.25, -0.2) is 0 Å². The number of hydrogen-bond acceptors (Lipinski definition) is 2. The van der Waals surface area contributed by atoms with Crippen LogP contribution >= 0.6 is 0 Å². The molecule has 0 heterocycles. The van der Waals surface area contributed by atoms with E-state index in [1.165, 1.54) is 0 Å². The van der Waals surface area contributed by atoms with Gasteiger partial charge >= 0.3 is 0 Å². The molecule has 4 nitrogen and oxygen atoms in total. The standard InChI is InChI=1S/C9H17N3O/c1-6-4-8(13)7(11-12-10)5-9(6,2)3/h6-8,13H,4-5H2,1-3H3/t6?,7?,8-/m0/s1. The summed E-state index contributed by atoms with van der Waals surface area (Å²) in [6.45, 7) is 6.45. The first-order valence-electron chi connectivity index (χ1n) is 4.69. The molecule has 0 aromatic heterocycles. The average Bonchev–Trinajstić information content (AvgIpc) is 2.00. The first-order valence-corrected chi connectivity index (χ1v) is 4.69.